The fourth-order valence-corrected chi connectivity index (χ4v) is 3.39. The van der Waals surface area contributed by atoms with E-state index in [1.54, 1.807) is 84.9 Å². The van der Waals surface area contributed by atoms with Gasteiger partial charge in [0.1, 0.15) is 11.5 Å². The monoisotopic (exact) mass is 452 g/mol. The summed E-state index contributed by atoms with van der Waals surface area (Å²) in [6.07, 6.45) is 0. The van der Waals surface area contributed by atoms with Crippen molar-refractivity contribution in [3.05, 3.63) is 126 Å². The first kappa shape index (κ1) is 21.9. The Morgan fingerprint density at radius 1 is 0.606 bits per heavy atom. The van der Waals surface area contributed by atoms with Crippen LogP contribution < -0.4 is 10.1 Å². The number of amides is 2. The zero-order chi connectivity index (χ0) is 23.0. The van der Waals surface area contributed by atoms with Crippen LogP contribution in [0.2, 0.25) is 0 Å². The van der Waals surface area contributed by atoms with Crippen LogP contribution in [0, 0.1) is 0 Å². The third-order valence-electron chi connectivity index (χ3n) is 4.74. The van der Waals surface area contributed by atoms with Gasteiger partial charge >= 0.3 is 0 Å². The number of para-hydroxylation sites is 1. The van der Waals surface area contributed by atoms with E-state index < -0.39 is 11.8 Å². The van der Waals surface area contributed by atoms with E-state index in [0.717, 1.165) is 10.6 Å². The van der Waals surface area contributed by atoms with Crippen LogP contribution in [0.1, 0.15) is 20.7 Å². The zero-order valence-electron chi connectivity index (χ0n) is 17.5. The molecule has 0 bridgehead atoms. The average Bonchev–Trinajstić information content (AvgIpc) is 2.87. The van der Waals surface area contributed by atoms with Crippen molar-refractivity contribution in [1.29, 1.82) is 0 Å². The molecule has 33 heavy (non-hydrogen) atoms. The number of carbonyl (C=O) groups is 2. The van der Waals surface area contributed by atoms with E-state index in [9.17, 15) is 9.59 Å². The number of hydrogen-bond acceptors (Lipinski definition) is 4. The Bertz CT molecular complexity index is 1190. The quantitative estimate of drug-likeness (QED) is 0.290. The number of hydrogen-bond donors (Lipinski definition) is 1. The molecule has 0 heterocycles. The fraction of sp³-hybridized carbons (Fsp3) is 0. The number of anilines is 1. The van der Waals surface area contributed by atoms with Gasteiger partial charge in [0.15, 0.2) is 5.11 Å². The number of nitrogens with zero attached hydrogens (tertiary/aromatic N) is 1. The molecule has 0 radical (unpaired) electrons. The van der Waals surface area contributed by atoms with E-state index in [0.29, 0.717) is 22.6 Å². The Morgan fingerprint density at radius 2 is 1.03 bits per heavy atom. The highest BCUT2D eigenvalue weighted by atomic mass is 32.1. The van der Waals surface area contributed by atoms with Gasteiger partial charge in [0.2, 0.25) is 0 Å². The highest BCUT2D eigenvalue weighted by Gasteiger charge is 2.28. The van der Waals surface area contributed by atoms with Crippen LogP contribution in [0.5, 0.6) is 11.5 Å². The van der Waals surface area contributed by atoms with Crippen molar-refractivity contribution in [3.63, 3.8) is 0 Å². The van der Waals surface area contributed by atoms with Gasteiger partial charge in [-0.05, 0) is 72.9 Å². The van der Waals surface area contributed by atoms with Gasteiger partial charge in [-0.25, -0.2) is 4.90 Å². The predicted octanol–water partition coefficient (Wildman–Crippen LogP) is 6.16. The molecule has 2 amide bonds. The summed E-state index contributed by atoms with van der Waals surface area (Å²) >= 11 is 5.49. The molecule has 4 rings (SSSR count). The van der Waals surface area contributed by atoms with Gasteiger partial charge in [-0.3, -0.25) is 9.59 Å². The molecule has 0 fully saturated rings. The first-order chi connectivity index (χ1) is 16.1. The largest absolute Gasteiger partial charge is 0.457 e. The lowest BCUT2D eigenvalue weighted by Crippen LogP contribution is -2.44. The van der Waals surface area contributed by atoms with Gasteiger partial charge in [0, 0.05) is 16.8 Å². The Labute approximate surface area is 197 Å². The summed E-state index contributed by atoms with van der Waals surface area (Å²) in [4.78, 5) is 27.4. The van der Waals surface area contributed by atoms with Crippen LogP contribution >= 0.6 is 12.2 Å². The Morgan fingerprint density at radius 3 is 1.52 bits per heavy atom. The van der Waals surface area contributed by atoms with E-state index in [1.807, 2.05) is 30.3 Å². The molecular formula is C27H20N2O3S. The molecule has 0 atom stereocenters. The summed E-state index contributed by atoms with van der Waals surface area (Å²) in [6.45, 7) is 0. The number of nitrogens with one attached hydrogen (secondary N) is 1. The first-order valence-corrected chi connectivity index (χ1v) is 10.7. The molecule has 0 aliphatic carbocycles. The van der Waals surface area contributed by atoms with Crippen LogP contribution in [0.3, 0.4) is 0 Å². The number of ether oxygens (including phenoxy) is 1. The van der Waals surface area contributed by atoms with Crippen LogP contribution in [0.15, 0.2) is 115 Å². The summed E-state index contributed by atoms with van der Waals surface area (Å²) in [6, 6.07) is 33.7. The number of thiocarbonyl (C=S) groups is 1. The van der Waals surface area contributed by atoms with Crippen LogP contribution in [-0.4, -0.2) is 21.8 Å². The molecule has 0 aliphatic rings. The van der Waals surface area contributed by atoms with Crippen molar-refractivity contribution in [2.75, 3.05) is 5.32 Å². The smallest absolute Gasteiger partial charge is 0.267 e. The Hall–Kier alpha value is -4.29. The first-order valence-electron chi connectivity index (χ1n) is 10.2. The van der Waals surface area contributed by atoms with E-state index in [1.165, 1.54) is 0 Å². The summed E-state index contributed by atoms with van der Waals surface area (Å²) in [5.74, 6) is 0.356. The van der Waals surface area contributed by atoms with Crippen molar-refractivity contribution in [2.45, 2.75) is 0 Å². The van der Waals surface area contributed by atoms with Gasteiger partial charge in [-0.2, -0.15) is 0 Å². The lowest BCUT2D eigenvalue weighted by molar-refractivity contribution is 0.0716. The fourth-order valence-electron chi connectivity index (χ4n) is 3.11. The SMILES string of the molecule is O=C(c1ccccc1)N(C(=O)c1ccccc1)C(=S)Nc1ccc(Oc2ccccc2)cc1. The molecule has 6 heteroatoms. The minimum atomic E-state index is -0.508. The topological polar surface area (TPSA) is 58.6 Å². The van der Waals surface area contributed by atoms with Crippen molar-refractivity contribution in [2.24, 2.45) is 0 Å². The summed E-state index contributed by atoms with van der Waals surface area (Å²) in [5, 5.41) is 2.98. The lowest BCUT2D eigenvalue weighted by atomic mass is 10.1. The molecule has 0 spiro atoms. The van der Waals surface area contributed by atoms with E-state index in [-0.39, 0.29) is 5.11 Å². The van der Waals surface area contributed by atoms with Gasteiger partial charge in [0.05, 0.1) is 0 Å². The Kier molecular flexibility index (Phi) is 6.87. The summed E-state index contributed by atoms with van der Waals surface area (Å²) in [7, 11) is 0. The zero-order valence-corrected chi connectivity index (χ0v) is 18.4. The maximum absolute atomic E-state index is 13.2. The Balaban J connectivity index is 1.55. The minimum absolute atomic E-state index is 0.0190. The lowest BCUT2D eigenvalue weighted by Gasteiger charge is -2.22. The third kappa shape index (κ3) is 5.50. The molecule has 0 aromatic heterocycles. The second-order valence-corrected chi connectivity index (χ2v) is 7.43. The maximum Gasteiger partial charge on any atom is 0.267 e. The van der Waals surface area contributed by atoms with Crippen molar-refractivity contribution in [1.82, 2.24) is 4.90 Å². The highest BCUT2D eigenvalue weighted by molar-refractivity contribution is 7.80. The number of carbonyl (C=O) groups excluding carboxylic acids is 2. The van der Waals surface area contributed by atoms with E-state index in [2.05, 4.69) is 5.32 Å². The standard InChI is InChI=1S/C27H20N2O3S/c30-25(20-10-4-1-5-11-20)29(26(31)21-12-6-2-7-13-21)27(33)28-22-16-18-24(19-17-22)32-23-14-8-3-9-15-23/h1-19H,(H,28,33). The molecule has 0 aliphatic heterocycles. The van der Waals surface area contributed by atoms with Crippen molar-refractivity contribution < 1.29 is 14.3 Å². The number of imide groups is 1. The molecule has 4 aromatic rings. The molecule has 162 valence electrons. The second kappa shape index (κ2) is 10.3. The summed E-state index contributed by atoms with van der Waals surface area (Å²) in [5.41, 5.74) is 1.34. The van der Waals surface area contributed by atoms with Crippen molar-refractivity contribution in [3.8, 4) is 11.5 Å². The molecule has 0 unspecified atom stereocenters. The molecule has 5 nitrogen and oxygen atoms in total. The normalized spacial score (nSPS) is 10.2. The van der Waals surface area contributed by atoms with E-state index in [4.69, 9.17) is 17.0 Å². The third-order valence-corrected chi connectivity index (χ3v) is 5.02. The molecule has 0 saturated heterocycles. The molecule has 0 saturated carbocycles. The summed E-state index contributed by atoms with van der Waals surface area (Å²) < 4.78 is 5.80. The van der Waals surface area contributed by atoms with Crippen LogP contribution in [-0.2, 0) is 0 Å². The minimum Gasteiger partial charge on any atom is -0.457 e. The van der Waals surface area contributed by atoms with Gasteiger partial charge in [-0.15, -0.1) is 0 Å². The molecular weight excluding hydrogens is 432 g/mol. The average molecular weight is 453 g/mol. The number of rotatable bonds is 5. The maximum atomic E-state index is 13.2. The van der Waals surface area contributed by atoms with Crippen molar-refractivity contribution >= 4 is 34.8 Å². The highest BCUT2D eigenvalue weighted by Crippen LogP contribution is 2.23. The number of benzene rings is 4. The molecule has 1 N–H and O–H groups in total. The van der Waals surface area contributed by atoms with Crippen LogP contribution in [0.4, 0.5) is 5.69 Å². The van der Waals surface area contributed by atoms with Gasteiger partial charge in [0.25, 0.3) is 11.8 Å². The predicted molar refractivity (Wildman–Crippen MR) is 133 cm³/mol. The van der Waals surface area contributed by atoms with Crippen LogP contribution in [0.25, 0.3) is 0 Å². The molecule has 4 aromatic carbocycles. The van der Waals surface area contributed by atoms with Gasteiger partial charge in [-0.1, -0.05) is 54.6 Å². The van der Waals surface area contributed by atoms with E-state index >= 15 is 0 Å². The second-order valence-electron chi connectivity index (χ2n) is 7.05. The van der Waals surface area contributed by atoms with Gasteiger partial charge < -0.3 is 10.1 Å².